The summed E-state index contributed by atoms with van der Waals surface area (Å²) >= 11 is 1.49. The number of thiazole rings is 1. The molecule has 1 aromatic heterocycles. The Bertz CT molecular complexity index is 1150. The van der Waals surface area contributed by atoms with E-state index in [9.17, 15) is 14.7 Å². The number of hydrogen-bond acceptors (Lipinski definition) is 6. The minimum absolute atomic E-state index is 0.00279. The van der Waals surface area contributed by atoms with Crippen molar-refractivity contribution in [3.8, 4) is 5.75 Å². The summed E-state index contributed by atoms with van der Waals surface area (Å²) in [5.74, 6) is 1.62. The molecular formula is C28H36N2O4S. The molecule has 188 valence electrons. The fourth-order valence-corrected chi connectivity index (χ4v) is 8.44. The Morgan fingerprint density at radius 1 is 1.29 bits per heavy atom. The summed E-state index contributed by atoms with van der Waals surface area (Å²) in [6.45, 7) is 7.99. The molecule has 7 heteroatoms. The Hall–Kier alpha value is -2.25. The number of anilines is 1. The highest BCUT2D eigenvalue weighted by Gasteiger charge is 2.62. The summed E-state index contributed by atoms with van der Waals surface area (Å²) in [6.07, 6.45) is 7.46. The molecule has 6 atom stereocenters. The first kappa shape index (κ1) is 24.4. The van der Waals surface area contributed by atoms with Crippen molar-refractivity contribution in [2.75, 3.05) is 5.32 Å². The topological polar surface area (TPSA) is 88.5 Å². The van der Waals surface area contributed by atoms with Crippen LogP contribution >= 0.6 is 11.3 Å². The number of hydrogen-bond donors (Lipinski definition) is 2. The summed E-state index contributed by atoms with van der Waals surface area (Å²) in [7, 11) is 0. The lowest BCUT2D eigenvalue weighted by Gasteiger charge is -2.54. The second-order valence-electron chi connectivity index (χ2n) is 11.5. The highest BCUT2D eigenvalue weighted by Crippen LogP contribution is 2.67. The first-order valence-electron chi connectivity index (χ1n) is 12.8. The van der Waals surface area contributed by atoms with Crippen molar-refractivity contribution in [2.45, 2.75) is 84.7 Å². The van der Waals surface area contributed by atoms with Gasteiger partial charge in [-0.2, -0.15) is 0 Å². The van der Waals surface area contributed by atoms with Gasteiger partial charge in [-0.05, 0) is 97.3 Å². The van der Waals surface area contributed by atoms with Crippen LogP contribution in [0, 0.1) is 29.6 Å². The number of aryl methyl sites for hydroxylation is 2. The van der Waals surface area contributed by atoms with Gasteiger partial charge in [0, 0.05) is 24.4 Å². The number of benzene rings is 1. The number of rotatable bonds is 5. The van der Waals surface area contributed by atoms with Gasteiger partial charge in [0.2, 0.25) is 5.91 Å². The predicted molar refractivity (Wildman–Crippen MR) is 137 cm³/mol. The number of aliphatic hydroxyl groups excluding tert-OH is 1. The lowest BCUT2D eigenvalue weighted by atomic mass is 9.51. The van der Waals surface area contributed by atoms with Crippen molar-refractivity contribution < 1.29 is 19.4 Å². The molecule has 6 nitrogen and oxygen atoms in total. The molecule has 1 heterocycles. The second kappa shape index (κ2) is 9.00. The molecule has 1 aromatic carbocycles. The van der Waals surface area contributed by atoms with Crippen LogP contribution < -0.4 is 10.1 Å². The quantitative estimate of drug-likeness (QED) is 0.414. The van der Waals surface area contributed by atoms with Crippen LogP contribution in [0.15, 0.2) is 24.4 Å². The average Bonchev–Trinajstić information content (AvgIpc) is 3.29. The summed E-state index contributed by atoms with van der Waals surface area (Å²) in [5, 5.41) is 14.9. The number of aliphatic hydroxyl groups is 1. The Kier molecular flexibility index (Phi) is 6.29. The normalized spacial score (nSPS) is 33.4. The average molecular weight is 497 g/mol. The van der Waals surface area contributed by atoms with E-state index in [0.717, 1.165) is 43.4 Å². The molecule has 2 aromatic rings. The van der Waals surface area contributed by atoms with Crippen molar-refractivity contribution in [1.82, 2.24) is 4.98 Å². The van der Waals surface area contributed by atoms with Gasteiger partial charge in [-0.3, -0.25) is 9.59 Å². The Labute approximate surface area is 211 Å². The second-order valence-corrected chi connectivity index (χ2v) is 12.7. The molecule has 35 heavy (non-hydrogen) atoms. The third-order valence-electron chi connectivity index (χ3n) is 9.13. The number of nitrogens with one attached hydrogen (secondary N) is 1. The maximum Gasteiger partial charge on any atom is 0.308 e. The molecule has 0 bridgehead atoms. The maximum atomic E-state index is 12.8. The molecule has 3 aliphatic rings. The Morgan fingerprint density at radius 3 is 2.80 bits per heavy atom. The van der Waals surface area contributed by atoms with Gasteiger partial charge in [0.1, 0.15) is 5.75 Å². The van der Waals surface area contributed by atoms with E-state index in [1.54, 1.807) is 6.20 Å². The Balaban J connectivity index is 1.36. The van der Waals surface area contributed by atoms with Crippen molar-refractivity contribution in [3.05, 3.63) is 40.4 Å². The zero-order chi connectivity index (χ0) is 25.0. The third-order valence-corrected chi connectivity index (χ3v) is 9.96. The van der Waals surface area contributed by atoms with E-state index in [1.165, 1.54) is 29.4 Å². The number of nitrogens with zero attached hydrogens (tertiary/aromatic N) is 1. The highest BCUT2D eigenvalue weighted by atomic mass is 32.1. The largest absolute Gasteiger partial charge is 0.427 e. The molecule has 2 fully saturated rings. The van der Waals surface area contributed by atoms with Crippen LogP contribution in [0.4, 0.5) is 5.13 Å². The van der Waals surface area contributed by atoms with Crippen LogP contribution in [0.1, 0.15) is 81.2 Å². The van der Waals surface area contributed by atoms with Crippen LogP contribution in [0.5, 0.6) is 5.75 Å². The van der Waals surface area contributed by atoms with Gasteiger partial charge in [-0.1, -0.05) is 19.9 Å². The maximum absolute atomic E-state index is 12.8. The van der Waals surface area contributed by atoms with Gasteiger partial charge in [-0.15, -0.1) is 11.3 Å². The molecule has 3 aliphatic carbocycles. The summed E-state index contributed by atoms with van der Waals surface area (Å²) in [4.78, 5) is 29.5. The molecule has 0 radical (unpaired) electrons. The number of aromatic nitrogens is 1. The highest BCUT2D eigenvalue weighted by molar-refractivity contribution is 7.15. The fraction of sp³-hybridized carbons (Fsp3) is 0.607. The van der Waals surface area contributed by atoms with E-state index in [2.05, 4.69) is 30.2 Å². The van der Waals surface area contributed by atoms with Gasteiger partial charge >= 0.3 is 5.97 Å². The monoisotopic (exact) mass is 496 g/mol. The molecule has 2 saturated carbocycles. The first-order valence-corrected chi connectivity index (χ1v) is 13.6. The number of carbonyl (C=O) groups is 2. The SMILES string of the molecule is CC(=O)Oc1ccc2c(c1)CCC1C2CCC2(C)C(O)CC(C)(CCC(=O)Nc3ncc(C)s3)C12. The van der Waals surface area contributed by atoms with Gasteiger partial charge in [-0.25, -0.2) is 4.98 Å². The van der Waals surface area contributed by atoms with E-state index >= 15 is 0 Å². The number of ether oxygens (including phenoxy) is 1. The molecule has 0 aliphatic heterocycles. The van der Waals surface area contributed by atoms with Crippen molar-refractivity contribution in [1.29, 1.82) is 0 Å². The molecule has 2 N–H and O–H groups in total. The van der Waals surface area contributed by atoms with Gasteiger partial charge in [0.25, 0.3) is 0 Å². The molecule has 1 amide bonds. The molecular weight excluding hydrogens is 460 g/mol. The molecule has 5 rings (SSSR count). The van der Waals surface area contributed by atoms with Crippen LogP contribution in [0.3, 0.4) is 0 Å². The summed E-state index contributed by atoms with van der Waals surface area (Å²) in [5.41, 5.74) is 2.45. The third kappa shape index (κ3) is 4.42. The van der Waals surface area contributed by atoms with E-state index in [-0.39, 0.29) is 28.8 Å². The number of esters is 1. The van der Waals surface area contributed by atoms with E-state index < -0.39 is 0 Å². The fourth-order valence-electron chi connectivity index (χ4n) is 7.76. The standard InChI is InChI=1S/C28H36N2O4S/c1-16-15-29-26(35-16)30-24(33)10-11-27(3)14-23(32)28(4)12-9-21-20-8-6-19(34-17(2)31)13-18(20)5-7-22(21)25(27)28/h6,8,13,15,21-23,25,32H,5,7,9-12,14H2,1-4H3,(H,29,30,33). The zero-order valence-electron chi connectivity index (χ0n) is 21.1. The van der Waals surface area contributed by atoms with Crippen molar-refractivity contribution >= 4 is 28.3 Å². The molecule has 0 saturated heterocycles. The van der Waals surface area contributed by atoms with Crippen LogP contribution in [-0.2, 0) is 16.0 Å². The van der Waals surface area contributed by atoms with E-state index in [4.69, 9.17) is 4.74 Å². The minimum Gasteiger partial charge on any atom is -0.427 e. The zero-order valence-corrected chi connectivity index (χ0v) is 21.9. The van der Waals surface area contributed by atoms with Crippen molar-refractivity contribution in [2.24, 2.45) is 22.7 Å². The van der Waals surface area contributed by atoms with Gasteiger partial charge in [0.15, 0.2) is 5.13 Å². The van der Waals surface area contributed by atoms with Gasteiger partial charge in [0.05, 0.1) is 6.10 Å². The van der Waals surface area contributed by atoms with Crippen LogP contribution in [0.25, 0.3) is 0 Å². The molecule has 0 spiro atoms. The van der Waals surface area contributed by atoms with Gasteiger partial charge < -0.3 is 15.2 Å². The predicted octanol–water partition coefficient (Wildman–Crippen LogP) is 5.63. The minimum atomic E-state index is -0.337. The van der Waals surface area contributed by atoms with Crippen LogP contribution in [0.2, 0.25) is 0 Å². The lowest BCUT2D eigenvalue weighted by Crippen LogP contribution is -2.47. The summed E-state index contributed by atoms with van der Waals surface area (Å²) in [6, 6.07) is 6.11. The van der Waals surface area contributed by atoms with E-state index in [0.29, 0.717) is 35.1 Å². The summed E-state index contributed by atoms with van der Waals surface area (Å²) < 4.78 is 5.33. The van der Waals surface area contributed by atoms with E-state index in [1.807, 2.05) is 19.1 Å². The smallest absolute Gasteiger partial charge is 0.308 e. The molecule has 6 unspecified atom stereocenters. The number of carbonyl (C=O) groups excluding carboxylic acids is 2. The number of fused-ring (bicyclic) bond motifs is 5. The Morgan fingerprint density at radius 2 is 2.09 bits per heavy atom. The number of amides is 1. The lowest BCUT2D eigenvalue weighted by molar-refractivity contribution is -0.131. The van der Waals surface area contributed by atoms with Crippen LogP contribution in [-0.4, -0.2) is 28.1 Å². The van der Waals surface area contributed by atoms with Crippen molar-refractivity contribution in [3.63, 3.8) is 0 Å². The first-order chi connectivity index (χ1) is 16.6.